The minimum Gasteiger partial charge on any atom is -0.380 e. The van der Waals surface area contributed by atoms with Crippen molar-refractivity contribution in [1.82, 2.24) is 4.57 Å². The molecule has 1 aromatic carbocycles. The van der Waals surface area contributed by atoms with Gasteiger partial charge in [-0.1, -0.05) is 30.6 Å². The zero-order valence-corrected chi connectivity index (χ0v) is 17.4. The normalized spacial score (nSPS) is 16.9. The molecule has 1 aromatic heterocycles. The summed E-state index contributed by atoms with van der Waals surface area (Å²) in [5, 5.41) is 0. The van der Waals surface area contributed by atoms with Gasteiger partial charge in [0.25, 0.3) is 5.91 Å². The van der Waals surface area contributed by atoms with Gasteiger partial charge in [-0.3, -0.25) is 4.79 Å². The van der Waals surface area contributed by atoms with Crippen LogP contribution in [0.4, 0.5) is 0 Å². The van der Waals surface area contributed by atoms with Gasteiger partial charge in [-0.15, -0.1) is 0 Å². The molecule has 1 aliphatic carbocycles. The number of rotatable bonds is 6. The Balaban J connectivity index is 2.04. The quantitative estimate of drug-likeness (QED) is 0.686. The van der Waals surface area contributed by atoms with Gasteiger partial charge in [0.05, 0.1) is 21.7 Å². The molecular formula is C19H26N2O4S2. The first-order valence-corrected chi connectivity index (χ1v) is 12.1. The summed E-state index contributed by atoms with van der Waals surface area (Å²) < 4.78 is 32.0. The van der Waals surface area contributed by atoms with Crippen LogP contribution in [0.5, 0.6) is 0 Å². The molecule has 1 aliphatic rings. The highest BCUT2D eigenvalue weighted by Gasteiger charge is 2.21. The van der Waals surface area contributed by atoms with Crippen LogP contribution >= 0.6 is 11.3 Å². The highest BCUT2D eigenvalue weighted by Crippen LogP contribution is 2.25. The van der Waals surface area contributed by atoms with Crippen molar-refractivity contribution in [2.45, 2.75) is 50.5 Å². The average molecular weight is 411 g/mol. The van der Waals surface area contributed by atoms with Crippen LogP contribution in [-0.4, -0.2) is 38.4 Å². The lowest BCUT2D eigenvalue weighted by Gasteiger charge is -2.17. The van der Waals surface area contributed by atoms with Crippen LogP contribution in [0.25, 0.3) is 10.2 Å². The topological polar surface area (TPSA) is 77.7 Å². The summed E-state index contributed by atoms with van der Waals surface area (Å²) in [7, 11) is -3.28. The van der Waals surface area contributed by atoms with Gasteiger partial charge in [0.15, 0.2) is 14.6 Å². The largest absolute Gasteiger partial charge is 0.380 e. The lowest BCUT2D eigenvalue weighted by molar-refractivity contribution is -0.122. The van der Waals surface area contributed by atoms with Crippen molar-refractivity contribution in [2.75, 3.05) is 19.5 Å². The maximum absolute atomic E-state index is 12.7. The van der Waals surface area contributed by atoms with Crippen molar-refractivity contribution in [3.63, 3.8) is 0 Å². The Morgan fingerprint density at radius 2 is 2.04 bits per heavy atom. The van der Waals surface area contributed by atoms with E-state index in [2.05, 4.69) is 4.99 Å². The third kappa shape index (κ3) is 4.86. The number of ether oxygens (including phenoxy) is 1. The summed E-state index contributed by atoms with van der Waals surface area (Å²) in [6, 6.07) is 5.06. The molecule has 0 N–H and O–H groups in total. The van der Waals surface area contributed by atoms with Gasteiger partial charge in [0.1, 0.15) is 0 Å². The number of hydrogen-bond donors (Lipinski definition) is 0. The number of amides is 1. The van der Waals surface area contributed by atoms with E-state index < -0.39 is 9.84 Å². The second kappa shape index (κ2) is 8.67. The van der Waals surface area contributed by atoms with Crippen LogP contribution in [-0.2, 0) is 25.9 Å². The highest BCUT2D eigenvalue weighted by molar-refractivity contribution is 7.90. The molecule has 8 heteroatoms. The molecule has 6 nitrogen and oxygen atoms in total. The number of hydrogen-bond acceptors (Lipinski definition) is 5. The van der Waals surface area contributed by atoms with Gasteiger partial charge in [-0.2, -0.15) is 4.99 Å². The summed E-state index contributed by atoms with van der Waals surface area (Å²) >= 11 is 1.36. The Labute approximate surface area is 163 Å². The first-order chi connectivity index (χ1) is 12.9. The van der Waals surface area contributed by atoms with Gasteiger partial charge in [0, 0.05) is 25.3 Å². The van der Waals surface area contributed by atoms with Crippen LogP contribution in [0.3, 0.4) is 0 Å². The molecular weight excluding hydrogens is 384 g/mol. The number of sulfone groups is 1. The molecule has 0 unspecified atom stereocenters. The number of thiazole rings is 1. The van der Waals surface area contributed by atoms with Gasteiger partial charge < -0.3 is 9.30 Å². The molecule has 27 heavy (non-hydrogen) atoms. The predicted molar refractivity (Wildman–Crippen MR) is 107 cm³/mol. The second-order valence-electron chi connectivity index (χ2n) is 6.92. The van der Waals surface area contributed by atoms with Crippen molar-refractivity contribution in [1.29, 1.82) is 0 Å². The zero-order valence-electron chi connectivity index (χ0n) is 15.8. The van der Waals surface area contributed by atoms with E-state index in [-0.39, 0.29) is 16.7 Å². The molecule has 3 rings (SSSR count). The summed E-state index contributed by atoms with van der Waals surface area (Å²) in [5.74, 6) is -0.0503. The first-order valence-electron chi connectivity index (χ1n) is 9.40. The molecule has 0 saturated heterocycles. The van der Waals surface area contributed by atoms with Gasteiger partial charge >= 0.3 is 0 Å². The minimum absolute atomic E-state index is 0.0101. The van der Waals surface area contributed by atoms with Crippen molar-refractivity contribution in [3.05, 3.63) is 23.0 Å². The third-order valence-electron chi connectivity index (χ3n) is 4.91. The molecule has 148 valence electrons. The molecule has 0 aliphatic heterocycles. The van der Waals surface area contributed by atoms with E-state index in [0.29, 0.717) is 24.6 Å². The maximum Gasteiger partial charge on any atom is 0.251 e. The lowest BCUT2D eigenvalue weighted by Crippen LogP contribution is -2.23. The molecule has 0 bridgehead atoms. The number of carbonyl (C=O) groups excluding carboxylic acids is 1. The SMILES string of the molecule is CCOCCn1c(=NC(=O)C2CCCCC2)sc2cc(S(C)(=O)=O)ccc21. The summed E-state index contributed by atoms with van der Waals surface area (Å²) in [5.41, 5.74) is 0.877. The fourth-order valence-electron chi connectivity index (χ4n) is 3.42. The van der Waals surface area contributed by atoms with E-state index in [4.69, 9.17) is 4.74 Å². The van der Waals surface area contributed by atoms with E-state index >= 15 is 0 Å². The number of carbonyl (C=O) groups is 1. The van der Waals surface area contributed by atoms with E-state index in [0.717, 1.165) is 35.9 Å². The molecule has 1 amide bonds. The lowest BCUT2D eigenvalue weighted by atomic mass is 9.89. The fourth-order valence-corrected chi connectivity index (χ4v) is 5.24. The molecule has 1 saturated carbocycles. The van der Waals surface area contributed by atoms with Crippen LogP contribution < -0.4 is 4.80 Å². The van der Waals surface area contributed by atoms with Crippen molar-refractivity contribution in [3.8, 4) is 0 Å². The van der Waals surface area contributed by atoms with E-state index in [1.165, 1.54) is 24.0 Å². The van der Waals surface area contributed by atoms with Gasteiger partial charge in [-0.25, -0.2) is 8.42 Å². The van der Waals surface area contributed by atoms with Crippen LogP contribution in [0.1, 0.15) is 39.0 Å². The first kappa shape index (κ1) is 20.2. The van der Waals surface area contributed by atoms with Crippen molar-refractivity contribution in [2.24, 2.45) is 10.9 Å². The van der Waals surface area contributed by atoms with Crippen LogP contribution in [0.15, 0.2) is 28.1 Å². The third-order valence-corrected chi connectivity index (χ3v) is 7.06. The Kier molecular flexibility index (Phi) is 6.49. The molecule has 0 radical (unpaired) electrons. The highest BCUT2D eigenvalue weighted by atomic mass is 32.2. The molecule has 0 atom stereocenters. The fraction of sp³-hybridized carbons (Fsp3) is 0.579. The summed E-state index contributed by atoms with van der Waals surface area (Å²) in [6.45, 7) is 3.64. The van der Waals surface area contributed by atoms with Gasteiger partial charge in [-0.05, 0) is 38.0 Å². The average Bonchev–Trinajstić information content (AvgIpc) is 2.98. The van der Waals surface area contributed by atoms with Crippen LogP contribution in [0, 0.1) is 5.92 Å². The Bertz CT molecular complexity index is 983. The Morgan fingerprint density at radius 1 is 1.30 bits per heavy atom. The standard InChI is InChI=1S/C19H26N2O4S2/c1-3-25-12-11-21-16-10-9-15(27(2,23)24)13-17(16)26-19(21)20-18(22)14-7-5-4-6-8-14/h9-10,13-14H,3-8,11-12H2,1-2H3. The minimum atomic E-state index is -3.28. The van der Waals surface area contributed by atoms with Crippen LogP contribution in [0.2, 0.25) is 0 Å². The zero-order chi connectivity index (χ0) is 19.4. The van der Waals surface area contributed by atoms with E-state index in [1.54, 1.807) is 18.2 Å². The van der Waals surface area contributed by atoms with Gasteiger partial charge in [0.2, 0.25) is 0 Å². The molecule has 2 aromatic rings. The monoisotopic (exact) mass is 410 g/mol. The maximum atomic E-state index is 12.7. The second-order valence-corrected chi connectivity index (χ2v) is 9.94. The summed E-state index contributed by atoms with van der Waals surface area (Å²) in [6.07, 6.45) is 6.37. The molecule has 1 fully saturated rings. The number of benzene rings is 1. The summed E-state index contributed by atoms with van der Waals surface area (Å²) in [4.78, 5) is 18.0. The molecule has 0 spiro atoms. The smallest absolute Gasteiger partial charge is 0.251 e. The molecule has 1 heterocycles. The predicted octanol–water partition coefficient (Wildman–Crippen LogP) is 3.15. The Morgan fingerprint density at radius 3 is 2.70 bits per heavy atom. The van der Waals surface area contributed by atoms with Crippen molar-refractivity contribution < 1.29 is 17.9 Å². The number of fused-ring (bicyclic) bond motifs is 1. The van der Waals surface area contributed by atoms with Crippen molar-refractivity contribution >= 4 is 37.3 Å². The van der Waals surface area contributed by atoms with E-state index in [1.807, 2.05) is 11.5 Å². The van der Waals surface area contributed by atoms with E-state index in [9.17, 15) is 13.2 Å². The number of nitrogens with zero attached hydrogens (tertiary/aromatic N) is 2. The Hall–Kier alpha value is -1.51. The number of aromatic nitrogens is 1.